The monoisotopic (exact) mass is 245 g/mol. The molecular weight excluding hydrogens is 230 g/mol. The molecule has 0 saturated carbocycles. The molecule has 2 rings (SSSR count). The van der Waals surface area contributed by atoms with E-state index in [1.807, 2.05) is 30.3 Å². The number of anilines is 2. The van der Waals surface area contributed by atoms with Crippen LogP contribution in [-0.4, -0.2) is 23.2 Å². The summed E-state index contributed by atoms with van der Waals surface area (Å²) in [6.45, 7) is 0.414. The number of nitrogens with zero attached hydrogens (tertiary/aromatic N) is 1. The summed E-state index contributed by atoms with van der Waals surface area (Å²) in [7, 11) is 0. The smallest absolute Gasteiger partial charge is 0.221 e. The maximum Gasteiger partial charge on any atom is 0.221 e. The Morgan fingerprint density at radius 2 is 1.94 bits per heavy atom. The second-order valence-corrected chi connectivity index (χ2v) is 3.65. The van der Waals surface area contributed by atoms with Crippen molar-refractivity contribution in [1.82, 2.24) is 4.98 Å². The Labute approximate surface area is 105 Å². The molecule has 0 bridgehead atoms. The number of pyridine rings is 1. The van der Waals surface area contributed by atoms with Crippen molar-refractivity contribution in [3.63, 3.8) is 0 Å². The summed E-state index contributed by atoms with van der Waals surface area (Å²) >= 11 is 0. The lowest BCUT2D eigenvalue weighted by molar-refractivity contribution is 0.311. The van der Waals surface area contributed by atoms with Crippen LogP contribution in [0.4, 0.5) is 11.5 Å². The van der Waals surface area contributed by atoms with Crippen LogP contribution < -0.4 is 15.8 Å². The maximum atomic E-state index is 8.76. The number of ether oxygens (including phenoxy) is 1. The summed E-state index contributed by atoms with van der Waals surface area (Å²) in [5.74, 6) is 1.68. The van der Waals surface area contributed by atoms with E-state index < -0.39 is 0 Å². The van der Waals surface area contributed by atoms with E-state index in [0.717, 1.165) is 0 Å². The predicted octanol–water partition coefficient (Wildman–Crippen LogP) is 1.86. The lowest BCUT2D eigenvalue weighted by atomic mass is 10.3. The first-order chi connectivity index (χ1) is 8.79. The molecule has 0 aliphatic heterocycles. The van der Waals surface area contributed by atoms with Crippen molar-refractivity contribution in [3.8, 4) is 11.6 Å². The molecule has 0 atom stereocenters. The predicted molar refractivity (Wildman–Crippen MR) is 70.7 cm³/mol. The summed E-state index contributed by atoms with van der Waals surface area (Å²) < 4.78 is 5.58. The van der Waals surface area contributed by atoms with Crippen LogP contribution in [0.25, 0.3) is 0 Å². The van der Waals surface area contributed by atoms with Crippen LogP contribution >= 0.6 is 0 Å². The first kappa shape index (κ1) is 12.2. The van der Waals surface area contributed by atoms with Crippen LogP contribution in [0.2, 0.25) is 0 Å². The molecule has 2 aromatic rings. The molecule has 94 valence electrons. The van der Waals surface area contributed by atoms with Crippen molar-refractivity contribution < 1.29 is 9.84 Å². The molecule has 0 spiro atoms. The van der Waals surface area contributed by atoms with Gasteiger partial charge in [0.05, 0.1) is 12.3 Å². The zero-order valence-electron chi connectivity index (χ0n) is 9.84. The van der Waals surface area contributed by atoms with Gasteiger partial charge in [0, 0.05) is 12.6 Å². The fraction of sp³-hybridized carbons (Fsp3) is 0.154. The van der Waals surface area contributed by atoms with E-state index in [2.05, 4.69) is 10.3 Å². The van der Waals surface area contributed by atoms with Crippen molar-refractivity contribution in [2.24, 2.45) is 0 Å². The van der Waals surface area contributed by atoms with Crippen LogP contribution in [-0.2, 0) is 0 Å². The van der Waals surface area contributed by atoms with E-state index in [4.69, 9.17) is 15.6 Å². The molecule has 0 saturated heterocycles. The van der Waals surface area contributed by atoms with E-state index in [0.29, 0.717) is 29.7 Å². The third-order valence-electron chi connectivity index (χ3n) is 2.27. The lowest BCUT2D eigenvalue weighted by Gasteiger charge is -2.09. The topological polar surface area (TPSA) is 80.4 Å². The van der Waals surface area contributed by atoms with Crippen LogP contribution in [0.5, 0.6) is 11.6 Å². The Bertz CT molecular complexity index is 503. The minimum absolute atomic E-state index is 0.0187. The number of para-hydroxylation sites is 1. The Morgan fingerprint density at radius 1 is 1.17 bits per heavy atom. The van der Waals surface area contributed by atoms with E-state index in [1.54, 1.807) is 12.1 Å². The molecule has 0 fully saturated rings. The molecular formula is C13H15N3O2. The van der Waals surface area contributed by atoms with Gasteiger partial charge in [-0.15, -0.1) is 0 Å². The number of nitrogens with one attached hydrogen (secondary N) is 1. The standard InChI is InChI=1S/C13H15N3O2/c14-11-6-7-12(16-13(11)15-8-9-17)18-10-4-2-1-3-5-10/h1-7,17H,8-9,14H2,(H,15,16). The van der Waals surface area contributed by atoms with Crippen LogP contribution in [0.3, 0.4) is 0 Å². The van der Waals surface area contributed by atoms with Gasteiger partial charge in [0.25, 0.3) is 0 Å². The summed E-state index contributed by atoms with van der Waals surface area (Å²) in [6, 6.07) is 12.8. The molecule has 18 heavy (non-hydrogen) atoms. The number of nitrogens with two attached hydrogens (primary N) is 1. The minimum Gasteiger partial charge on any atom is -0.439 e. The number of aromatic nitrogens is 1. The second kappa shape index (κ2) is 5.88. The first-order valence-electron chi connectivity index (χ1n) is 5.64. The van der Waals surface area contributed by atoms with E-state index >= 15 is 0 Å². The van der Waals surface area contributed by atoms with Gasteiger partial charge in [-0.05, 0) is 18.2 Å². The highest BCUT2D eigenvalue weighted by atomic mass is 16.5. The van der Waals surface area contributed by atoms with Gasteiger partial charge in [0.15, 0.2) is 5.82 Å². The number of benzene rings is 1. The van der Waals surface area contributed by atoms with E-state index in [1.165, 1.54) is 0 Å². The summed E-state index contributed by atoms with van der Waals surface area (Å²) in [5, 5.41) is 11.7. The minimum atomic E-state index is 0.0187. The fourth-order valence-corrected chi connectivity index (χ4v) is 1.43. The molecule has 1 heterocycles. The van der Waals surface area contributed by atoms with E-state index in [9.17, 15) is 0 Å². The zero-order chi connectivity index (χ0) is 12.8. The number of hydrogen-bond acceptors (Lipinski definition) is 5. The normalized spacial score (nSPS) is 10.1. The highest BCUT2D eigenvalue weighted by Crippen LogP contribution is 2.23. The number of aliphatic hydroxyl groups is 1. The van der Waals surface area contributed by atoms with Gasteiger partial charge in [-0.25, -0.2) is 0 Å². The Balaban J connectivity index is 2.14. The van der Waals surface area contributed by atoms with Gasteiger partial charge >= 0.3 is 0 Å². The number of rotatable bonds is 5. The Morgan fingerprint density at radius 3 is 2.67 bits per heavy atom. The van der Waals surface area contributed by atoms with Crippen molar-refractivity contribution >= 4 is 11.5 Å². The number of hydrogen-bond donors (Lipinski definition) is 3. The fourth-order valence-electron chi connectivity index (χ4n) is 1.43. The summed E-state index contributed by atoms with van der Waals surface area (Å²) in [6.07, 6.45) is 0. The average molecular weight is 245 g/mol. The summed E-state index contributed by atoms with van der Waals surface area (Å²) in [4.78, 5) is 4.24. The molecule has 0 radical (unpaired) electrons. The van der Waals surface area contributed by atoms with Crippen molar-refractivity contribution in [2.75, 3.05) is 24.2 Å². The quantitative estimate of drug-likeness (QED) is 0.749. The SMILES string of the molecule is Nc1ccc(Oc2ccccc2)nc1NCCO. The van der Waals surface area contributed by atoms with Crippen LogP contribution in [0.15, 0.2) is 42.5 Å². The molecule has 5 heteroatoms. The molecule has 1 aromatic carbocycles. The second-order valence-electron chi connectivity index (χ2n) is 3.65. The molecule has 0 amide bonds. The molecule has 1 aromatic heterocycles. The average Bonchev–Trinajstić information content (AvgIpc) is 2.40. The number of aliphatic hydroxyl groups excluding tert-OH is 1. The van der Waals surface area contributed by atoms with Gasteiger partial charge in [-0.1, -0.05) is 18.2 Å². The van der Waals surface area contributed by atoms with Crippen LogP contribution in [0, 0.1) is 0 Å². The third-order valence-corrected chi connectivity index (χ3v) is 2.27. The zero-order valence-corrected chi connectivity index (χ0v) is 9.84. The molecule has 0 aliphatic rings. The molecule has 0 aliphatic carbocycles. The van der Waals surface area contributed by atoms with Gasteiger partial charge in [0.1, 0.15) is 5.75 Å². The summed E-state index contributed by atoms with van der Waals surface area (Å²) in [5.41, 5.74) is 6.28. The highest BCUT2D eigenvalue weighted by molar-refractivity contribution is 5.62. The van der Waals surface area contributed by atoms with Crippen molar-refractivity contribution in [2.45, 2.75) is 0 Å². The Kier molecular flexibility index (Phi) is 3.98. The highest BCUT2D eigenvalue weighted by Gasteiger charge is 2.04. The third kappa shape index (κ3) is 3.11. The number of nitrogen functional groups attached to an aromatic ring is 1. The van der Waals surface area contributed by atoms with Crippen LogP contribution in [0.1, 0.15) is 0 Å². The van der Waals surface area contributed by atoms with Crippen molar-refractivity contribution in [3.05, 3.63) is 42.5 Å². The Hall–Kier alpha value is -2.27. The van der Waals surface area contributed by atoms with Gasteiger partial charge in [-0.2, -0.15) is 4.98 Å². The molecule has 5 nitrogen and oxygen atoms in total. The molecule has 4 N–H and O–H groups in total. The van der Waals surface area contributed by atoms with E-state index in [-0.39, 0.29) is 6.61 Å². The van der Waals surface area contributed by atoms with Gasteiger partial charge < -0.3 is 20.9 Å². The lowest BCUT2D eigenvalue weighted by Crippen LogP contribution is -2.09. The first-order valence-corrected chi connectivity index (χ1v) is 5.64. The van der Waals surface area contributed by atoms with Crippen molar-refractivity contribution in [1.29, 1.82) is 0 Å². The molecule has 0 unspecified atom stereocenters. The largest absolute Gasteiger partial charge is 0.439 e. The van der Waals surface area contributed by atoms with Gasteiger partial charge in [-0.3, -0.25) is 0 Å². The maximum absolute atomic E-state index is 8.76. The van der Waals surface area contributed by atoms with Gasteiger partial charge in [0.2, 0.25) is 5.88 Å².